The maximum atomic E-state index is 11.8. The summed E-state index contributed by atoms with van der Waals surface area (Å²) in [5, 5.41) is 0. The molecule has 1 heterocycles. The average molecular weight is 284 g/mol. The van der Waals surface area contributed by atoms with Gasteiger partial charge in [-0.05, 0) is 49.5 Å². The minimum atomic E-state index is -0.378. The van der Waals surface area contributed by atoms with Crippen molar-refractivity contribution in [2.24, 2.45) is 0 Å². The lowest BCUT2D eigenvalue weighted by Gasteiger charge is -2.10. The molecule has 0 aromatic heterocycles. The molecule has 4 heteroatoms. The number of ether oxygens (including phenoxy) is 2. The zero-order valence-electron chi connectivity index (χ0n) is 11.8. The first-order valence-electron chi connectivity index (χ1n) is 7.03. The molecule has 1 aliphatic carbocycles. The largest absolute Gasteiger partial charge is 0.465 e. The van der Waals surface area contributed by atoms with E-state index in [1.54, 1.807) is 18.2 Å². The van der Waals surface area contributed by atoms with E-state index < -0.39 is 0 Å². The Labute approximate surface area is 123 Å². The van der Waals surface area contributed by atoms with Gasteiger partial charge in [-0.15, -0.1) is 0 Å². The Bertz CT molecular complexity index is 667. The van der Waals surface area contributed by atoms with Gasteiger partial charge in [0.2, 0.25) is 0 Å². The van der Waals surface area contributed by atoms with Crippen LogP contribution in [0.1, 0.15) is 41.6 Å². The second-order valence-corrected chi connectivity index (χ2v) is 5.18. The summed E-state index contributed by atoms with van der Waals surface area (Å²) in [6.45, 7) is 0. The Balaban J connectivity index is 1.94. The minimum absolute atomic E-state index is 0.222. The molecule has 0 bridgehead atoms. The average Bonchev–Trinajstić information content (AvgIpc) is 2.83. The Morgan fingerprint density at radius 1 is 1.24 bits per heavy atom. The number of carbonyl (C=O) groups excluding carboxylic acids is 2. The summed E-state index contributed by atoms with van der Waals surface area (Å²) >= 11 is 0. The maximum Gasteiger partial charge on any atom is 0.339 e. The zero-order valence-corrected chi connectivity index (χ0v) is 11.8. The maximum absolute atomic E-state index is 11.8. The molecule has 1 aliphatic heterocycles. The SMILES string of the molecule is COC(=O)c1cccc(C=C2OC(=O)C3=C2CCCC3)c1. The predicted molar refractivity (Wildman–Crippen MR) is 77.3 cm³/mol. The number of benzene rings is 1. The van der Waals surface area contributed by atoms with Crippen LogP contribution in [0.25, 0.3) is 6.08 Å². The normalized spacial score (nSPS) is 19.5. The number of hydrogen-bond acceptors (Lipinski definition) is 4. The van der Waals surface area contributed by atoms with Crippen LogP contribution in [0.15, 0.2) is 41.2 Å². The molecule has 0 radical (unpaired) electrons. The molecule has 0 fully saturated rings. The lowest BCUT2D eigenvalue weighted by Crippen LogP contribution is -2.01. The molecule has 0 saturated carbocycles. The van der Waals surface area contributed by atoms with Crippen LogP contribution in [0.4, 0.5) is 0 Å². The molecule has 0 N–H and O–H groups in total. The molecular formula is C17H16O4. The van der Waals surface area contributed by atoms with Crippen molar-refractivity contribution < 1.29 is 19.1 Å². The van der Waals surface area contributed by atoms with Crippen LogP contribution in [0.3, 0.4) is 0 Å². The third kappa shape index (κ3) is 2.61. The summed E-state index contributed by atoms with van der Waals surface area (Å²) < 4.78 is 10.1. The van der Waals surface area contributed by atoms with Gasteiger partial charge in [0.25, 0.3) is 0 Å². The molecule has 1 aromatic carbocycles. The fourth-order valence-electron chi connectivity index (χ4n) is 2.77. The van der Waals surface area contributed by atoms with E-state index in [2.05, 4.69) is 0 Å². The second-order valence-electron chi connectivity index (χ2n) is 5.18. The van der Waals surface area contributed by atoms with E-state index in [9.17, 15) is 9.59 Å². The van der Waals surface area contributed by atoms with E-state index in [4.69, 9.17) is 9.47 Å². The Kier molecular flexibility index (Phi) is 3.60. The van der Waals surface area contributed by atoms with Crippen LogP contribution in [-0.4, -0.2) is 19.0 Å². The summed E-state index contributed by atoms with van der Waals surface area (Å²) in [6, 6.07) is 7.08. The van der Waals surface area contributed by atoms with Crippen molar-refractivity contribution in [1.29, 1.82) is 0 Å². The van der Waals surface area contributed by atoms with Gasteiger partial charge in [-0.1, -0.05) is 12.1 Å². The van der Waals surface area contributed by atoms with E-state index in [1.807, 2.05) is 12.1 Å². The van der Waals surface area contributed by atoms with Crippen molar-refractivity contribution in [2.45, 2.75) is 25.7 Å². The number of cyclic esters (lactones) is 1. The van der Waals surface area contributed by atoms with E-state index >= 15 is 0 Å². The molecule has 1 aromatic rings. The van der Waals surface area contributed by atoms with Crippen LogP contribution in [0, 0.1) is 0 Å². The van der Waals surface area contributed by atoms with Crippen LogP contribution in [0.5, 0.6) is 0 Å². The first-order chi connectivity index (χ1) is 10.2. The number of methoxy groups -OCH3 is 1. The van der Waals surface area contributed by atoms with Gasteiger partial charge in [-0.2, -0.15) is 0 Å². The van der Waals surface area contributed by atoms with E-state index in [0.29, 0.717) is 11.3 Å². The molecule has 3 rings (SSSR count). The monoisotopic (exact) mass is 284 g/mol. The number of allylic oxidation sites excluding steroid dienone is 1. The first-order valence-corrected chi connectivity index (χ1v) is 7.03. The summed E-state index contributed by atoms with van der Waals surface area (Å²) in [6.07, 6.45) is 5.61. The van der Waals surface area contributed by atoms with Gasteiger partial charge in [-0.3, -0.25) is 0 Å². The van der Waals surface area contributed by atoms with Crippen LogP contribution in [-0.2, 0) is 14.3 Å². The molecule has 4 nitrogen and oxygen atoms in total. The van der Waals surface area contributed by atoms with Crippen molar-refractivity contribution >= 4 is 18.0 Å². The van der Waals surface area contributed by atoms with Gasteiger partial charge in [0, 0.05) is 11.1 Å². The second kappa shape index (κ2) is 5.56. The summed E-state index contributed by atoms with van der Waals surface area (Å²) in [7, 11) is 1.35. The molecule has 108 valence electrons. The summed E-state index contributed by atoms with van der Waals surface area (Å²) in [4.78, 5) is 23.4. The molecule has 2 aliphatic rings. The zero-order chi connectivity index (χ0) is 14.8. The third-order valence-corrected chi connectivity index (χ3v) is 3.82. The van der Waals surface area contributed by atoms with Crippen molar-refractivity contribution in [3.05, 3.63) is 52.3 Å². The third-order valence-electron chi connectivity index (χ3n) is 3.82. The molecular weight excluding hydrogens is 268 g/mol. The van der Waals surface area contributed by atoms with Gasteiger partial charge in [0.1, 0.15) is 5.76 Å². The topological polar surface area (TPSA) is 52.6 Å². The highest BCUT2D eigenvalue weighted by molar-refractivity contribution is 5.96. The smallest absolute Gasteiger partial charge is 0.339 e. The van der Waals surface area contributed by atoms with Crippen molar-refractivity contribution in [3.63, 3.8) is 0 Å². The highest BCUT2D eigenvalue weighted by Gasteiger charge is 2.31. The predicted octanol–water partition coefficient (Wildman–Crippen LogP) is 3.24. The summed E-state index contributed by atoms with van der Waals surface area (Å²) in [5.74, 6) is 0.0213. The van der Waals surface area contributed by atoms with Gasteiger partial charge in [-0.25, -0.2) is 9.59 Å². The quantitative estimate of drug-likeness (QED) is 0.782. The Hall–Kier alpha value is -2.36. The molecule has 21 heavy (non-hydrogen) atoms. The highest BCUT2D eigenvalue weighted by Crippen LogP contribution is 2.37. The van der Waals surface area contributed by atoms with Crippen LogP contribution in [0.2, 0.25) is 0 Å². The van der Waals surface area contributed by atoms with E-state index in [-0.39, 0.29) is 11.9 Å². The molecule has 0 amide bonds. The van der Waals surface area contributed by atoms with Crippen LogP contribution < -0.4 is 0 Å². The highest BCUT2D eigenvalue weighted by atomic mass is 16.5. The van der Waals surface area contributed by atoms with Crippen molar-refractivity contribution in [3.8, 4) is 0 Å². The molecule has 0 unspecified atom stereocenters. The fourth-order valence-corrected chi connectivity index (χ4v) is 2.77. The van der Waals surface area contributed by atoms with Crippen molar-refractivity contribution in [1.82, 2.24) is 0 Å². The summed E-state index contributed by atoms with van der Waals surface area (Å²) in [5.41, 5.74) is 3.14. The van der Waals surface area contributed by atoms with E-state index in [1.165, 1.54) is 7.11 Å². The van der Waals surface area contributed by atoms with E-state index in [0.717, 1.165) is 42.4 Å². The number of rotatable bonds is 2. The number of hydrogen-bond donors (Lipinski definition) is 0. The van der Waals surface area contributed by atoms with Gasteiger partial charge in [0.15, 0.2) is 0 Å². The number of esters is 2. The van der Waals surface area contributed by atoms with Gasteiger partial charge < -0.3 is 9.47 Å². The van der Waals surface area contributed by atoms with Crippen molar-refractivity contribution in [2.75, 3.05) is 7.11 Å². The standard InChI is InChI=1S/C17H16O4/c1-20-16(18)12-6-4-5-11(9-12)10-15-13-7-2-3-8-14(13)17(19)21-15/h4-6,9-10H,2-3,7-8H2,1H3. The minimum Gasteiger partial charge on any atom is -0.465 e. The Morgan fingerprint density at radius 3 is 2.76 bits per heavy atom. The molecule has 0 saturated heterocycles. The van der Waals surface area contributed by atoms with Crippen LogP contribution >= 0.6 is 0 Å². The molecule has 0 spiro atoms. The lowest BCUT2D eigenvalue weighted by atomic mass is 9.92. The lowest BCUT2D eigenvalue weighted by molar-refractivity contribution is -0.133. The Morgan fingerprint density at radius 2 is 2.00 bits per heavy atom. The molecule has 0 atom stereocenters. The van der Waals surface area contributed by atoms with Gasteiger partial charge >= 0.3 is 11.9 Å². The number of carbonyl (C=O) groups is 2. The first kappa shape index (κ1) is 13.6. The van der Waals surface area contributed by atoms with Gasteiger partial charge in [0.05, 0.1) is 12.7 Å². The fraction of sp³-hybridized carbons (Fsp3) is 0.294.